The lowest BCUT2D eigenvalue weighted by Crippen LogP contribution is -2.19. The lowest BCUT2D eigenvalue weighted by Gasteiger charge is -2.06. The summed E-state index contributed by atoms with van der Waals surface area (Å²) in [4.78, 5) is 32.4. The Kier molecular flexibility index (Phi) is 4.10. The number of rotatable bonds is 3. The maximum absolute atomic E-state index is 13.1. The molecule has 146 valence electrons. The molecule has 2 aromatic heterocycles. The fourth-order valence-corrected chi connectivity index (χ4v) is 3.31. The molecule has 0 unspecified atom stereocenters. The van der Waals surface area contributed by atoms with Crippen molar-refractivity contribution in [2.75, 3.05) is 5.32 Å². The van der Waals surface area contributed by atoms with Crippen LogP contribution < -0.4 is 10.9 Å². The average Bonchev–Trinajstić information content (AvgIpc) is 3.18. The molecule has 0 saturated carbocycles. The maximum atomic E-state index is 13.1. The SMILES string of the molecule is O=C(Nc1ccc2nc(-c3ccc(F)cc3)[nH]c2c1)c1n[nH]c(=O)c2ccccc12. The summed E-state index contributed by atoms with van der Waals surface area (Å²) in [6, 6.07) is 18.1. The van der Waals surface area contributed by atoms with Gasteiger partial charge in [-0.15, -0.1) is 0 Å². The van der Waals surface area contributed by atoms with Crippen LogP contribution in [0.5, 0.6) is 0 Å². The van der Waals surface area contributed by atoms with Gasteiger partial charge in [-0.3, -0.25) is 9.59 Å². The quantitative estimate of drug-likeness (QED) is 0.429. The van der Waals surface area contributed by atoms with Crippen molar-refractivity contribution in [3.05, 3.63) is 88.6 Å². The largest absolute Gasteiger partial charge is 0.338 e. The van der Waals surface area contributed by atoms with Crippen LogP contribution in [-0.4, -0.2) is 26.1 Å². The molecule has 0 fully saturated rings. The molecule has 5 aromatic rings. The number of fused-ring (bicyclic) bond motifs is 2. The summed E-state index contributed by atoms with van der Waals surface area (Å²) in [6.07, 6.45) is 0. The first-order valence-electron chi connectivity index (χ1n) is 9.13. The molecule has 0 aliphatic carbocycles. The van der Waals surface area contributed by atoms with Gasteiger partial charge < -0.3 is 10.3 Å². The van der Waals surface area contributed by atoms with E-state index in [0.29, 0.717) is 33.3 Å². The number of anilines is 1. The van der Waals surface area contributed by atoms with Crippen LogP contribution in [0.15, 0.2) is 71.5 Å². The molecule has 0 spiro atoms. The zero-order chi connectivity index (χ0) is 20.7. The average molecular weight is 399 g/mol. The molecule has 0 saturated heterocycles. The van der Waals surface area contributed by atoms with Crippen LogP contribution in [-0.2, 0) is 0 Å². The number of benzene rings is 3. The van der Waals surface area contributed by atoms with Gasteiger partial charge in [0, 0.05) is 16.6 Å². The van der Waals surface area contributed by atoms with E-state index in [1.807, 2.05) is 0 Å². The molecular weight excluding hydrogens is 385 g/mol. The second kappa shape index (κ2) is 6.93. The van der Waals surface area contributed by atoms with Crippen LogP contribution in [0.1, 0.15) is 10.5 Å². The number of carbonyl (C=O) groups is 1. The smallest absolute Gasteiger partial charge is 0.276 e. The highest BCUT2D eigenvalue weighted by molar-refractivity contribution is 6.11. The van der Waals surface area contributed by atoms with Crippen molar-refractivity contribution in [2.45, 2.75) is 0 Å². The Morgan fingerprint density at radius 3 is 2.53 bits per heavy atom. The summed E-state index contributed by atoms with van der Waals surface area (Å²) in [5, 5.41) is 9.93. The molecule has 0 aliphatic heterocycles. The number of nitrogens with one attached hydrogen (secondary N) is 3. The van der Waals surface area contributed by atoms with E-state index in [-0.39, 0.29) is 17.1 Å². The number of nitrogens with zero attached hydrogens (tertiary/aromatic N) is 2. The number of H-pyrrole nitrogens is 2. The molecule has 3 N–H and O–H groups in total. The normalized spacial score (nSPS) is 11.1. The van der Waals surface area contributed by atoms with Gasteiger partial charge in [0.2, 0.25) is 0 Å². The molecule has 0 bridgehead atoms. The number of aromatic nitrogens is 4. The summed E-state index contributed by atoms with van der Waals surface area (Å²) in [7, 11) is 0. The first-order valence-corrected chi connectivity index (χ1v) is 9.13. The second-order valence-electron chi connectivity index (χ2n) is 6.73. The van der Waals surface area contributed by atoms with Crippen LogP contribution in [0.3, 0.4) is 0 Å². The third-order valence-electron chi connectivity index (χ3n) is 4.77. The predicted octanol–water partition coefficient (Wildman–Crippen LogP) is 3.86. The third kappa shape index (κ3) is 3.10. The molecule has 0 radical (unpaired) electrons. The van der Waals surface area contributed by atoms with Crippen LogP contribution in [0.4, 0.5) is 10.1 Å². The molecule has 0 atom stereocenters. The summed E-state index contributed by atoms with van der Waals surface area (Å²) in [5.74, 6) is -0.162. The zero-order valence-electron chi connectivity index (χ0n) is 15.4. The fourth-order valence-electron chi connectivity index (χ4n) is 3.31. The Bertz CT molecular complexity index is 1470. The van der Waals surface area contributed by atoms with Gasteiger partial charge >= 0.3 is 0 Å². The summed E-state index contributed by atoms with van der Waals surface area (Å²) in [6.45, 7) is 0. The molecule has 1 amide bonds. The van der Waals surface area contributed by atoms with E-state index in [0.717, 1.165) is 5.56 Å². The van der Waals surface area contributed by atoms with Gasteiger partial charge in [0.25, 0.3) is 11.5 Å². The van der Waals surface area contributed by atoms with Crippen molar-refractivity contribution in [1.82, 2.24) is 20.2 Å². The summed E-state index contributed by atoms with van der Waals surface area (Å²) < 4.78 is 13.1. The number of amides is 1. The molecule has 8 heteroatoms. The number of halogens is 1. The van der Waals surface area contributed by atoms with Crippen LogP contribution >= 0.6 is 0 Å². The maximum Gasteiger partial charge on any atom is 0.276 e. The Morgan fingerprint density at radius 1 is 0.967 bits per heavy atom. The number of hydrogen-bond donors (Lipinski definition) is 3. The van der Waals surface area contributed by atoms with Crippen LogP contribution in [0.2, 0.25) is 0 Å². The molecule has 0 aliphatic rings. The number of hydrogen-bond acceptors (Lipinski definition) is 4. The standard InChI is InChI=1S/C22H14FN5O2/c23-13-7-5-12(6-8-13)20-25-17-10-9-14(11-18(17)26-20)24-22(30)19-15-3-1-2-4-16(15)21(29)28-27-19/h1-11H,(H,24,30)(H,25,26)(H,28,29). The fraction of sp³-hybridized carbons (Fsp3) is 0. The summed E-state index contributed by atoms with van der Waals surface area (Å²) >= 11 is 0. The van der Waals surface area contributed by atoms with Crippen molar-refractivity contribution in [3.63, 3.8) is 0 Å². The van der Waals surface area contributed by atoms with Crippen molar-refractivity contribution >= 4 is 33.4 Å². The number of imidazole rings is 1. The first kappa shape index (κ1) is 17.7. The van der Waals surface area contributed by atoms with Gasteiger partial charge in [0.15, 0.2) is 5.69 Å². The highest BCUT2D eigenvalue weighted by Gasteiger charge is 2.15. The van der Waals surface area contributed by atoms with Crippen molar-refractivity contribution in [1.29, 1.82) is 0 Å². The topological polar surface area (TPSA) is 104 Å². The minimum absolute atomic E-state index is 0.127. The third-order valence-corrected chi connectivity index (χ3v) is 4.77. The lowest BCUT2D eigenvalue weighted by molar-refractivity contribution is 0.102. The molecule has 2 heterocycles. The van der Waals surface area contributed by atoms with E-state index >= 15 is 0 Å². The second-order valence-corrected chi connectivity index (χ2v) is 6.73. The Balaban J connectivity index is 1.47. The number of aromatic amines is 2. The van der Waals surface area contributed by atoms with Gasteiger partial charge in [-0.2, -0.15) is 5.10 Å². The molecule has 7 nitrogen and oxygen atoms in total. The van der Waals surface area contributed by atoms with E-state index in [9.17, 15) is 14.0 Å². The predicted molar refractivity (Wildman–Crippen MR) is 112 cm³/mol. The lowest BCUT2D eigenvalue weighted by atomic mass is 10.1. The van der Waals surface area contributed by atoms with Gasteiger partial charge in [-0.1, -0.05) is 18.2 Å². The highest BCUT2D eigenvalue weighted by Crippen LogP contribution is 2.24. The molecule has 5 rings (SSSR count). The molecule has 30 heavy (non-hydrogen) atoms. The number of carbonyl (C=O) groups excluding carboxylic acids is 1. The zero-order valence-corrected chi connectivity index (χ0v) is 15.4. The van der Waals surface area contributed by atoms with Gasteiger partial charge in [0.1, 0.15) is 11.6 Å². The van der Waals surface area contributed by atoms with Gasteiger partial charge in [-0.05, 0) is 48.5 Å². The van der Waals surface area contributed by atoms with E-state index in [2.05, 4.69) is 25.5 Å². The minimum Gasteiger partial charge on any atom is -0.338 e. The van der Waals surface area contributed by atoms with Gasteiger partial charge in [0.05, 0.1) is 16.4 Å². The minimum atomic E-state index is -0.444. The molecule has 3 aromatic carbocycles. The van der Waals surface area contributed by atoms with E-state index in [4.69, 9.17) is 0 Å². The van der Waals surface area contributed by atoms with Crippen LogP contribution in [0, 0.1) is 5.82 Å². The summed E-state index contributed by atoms with van der Waals surface area (Å²) in [5.41, 5.74) is 2.49. The van der Waals surface area contributed by atoms with E-state index in [1.54, 1.807) is 54.6 Å². The van der Waals surface area contributed by atoms with E-state index < -0.39 is 5.91 Å². The van der Waals surface area contributed by atoms with E-state index in [1.165, 1.54) is 12.1 Å². The Hall–Kier alpha value is -4.33. The Morgan fingerprint density at radius 2 is 1.73 bits per heavy atom. The first-order chi connectivity index (χ1) is 14.6. The van der Waals surface area contributed by atoms with Crippen molar-refractivity contribution in [2.24, 2.45) is 0 Å². The highest BCUT2D eigenvalue weighted by atomic mass is 19.1. The Labute approximate surface area is 168 Å². The molecular formula is C22H14FN5O2. The monoisotopic (exact) mass is 399 g/mol. The van der Waals surface area contributed by atoms with Crippen molar-refractivity contribution < 1.29 is 9.18 Å². The van der Waals surface area contributed by atoms with Crippen molar-refractivity contribution in [3.8, 4) is 11.4 Å². The van der Waals surface area contributed by atoms with Crippen LogP contribution in [0.25, 0.3) is 33.2 Å². The van der Waals surface area contributed by atoms with Gasteiger partial charge in [-0.25, -0.2) is 14.5 Å².